The maximum Gasteiger partial charge on any atom is 0.227 e. The lowest BCUT2D eigenvalue weighted by Crippen LogP contribution is -2.57. The van der Waals surface area contributed by atoms with E-state index in [1.54, 1.807) is 0 Å². The van der Waals surface area contributed by atoms with E-state index in [-0.39, 0.29) is 0 Å². The molecular formula is C21H25N7. The highest BCUT2D eigenvalue weighted by Gasteiger charge is 2.28. The summed E-state index contributed by atoms with van der Waals surface area (Å²) >= 11 is 0. The Bertz CT molecular complexity index is 942. The number of H-pyrrole nitrogens is 1. The second-order valence-corrected chi connectivity index (χ2v) is 7.71. The number of anilines is 3. The zero-order valence-corrected chi connectivity index (χ0v) is 16.0. The molecule has 0 radical (unpaired) electrons. The van der Waals surface area contributed by atoms with Gasteiger partial charge >= 0.3 is 0 Å². The van der Waals surface area contributed by atoms with Crippen molar-refractivity contribution in [1.82, 2.24) is 25.5 Å². The third-order valence-corrected chi connectivity index (χ3v) is 5.44. The van der Waals surface area contributed by atoms with Crippen LogP contribution in [0.1, 0.15) is 35.7 Å². The van der Waals surface area contributed by atoms with Gasteiger partial charge in [0.15, 0.2) is 5.82 Å². The van der Waals surface area contributed by atoms with Crippen LogP contribution in [-0.4, -0.2) is 46.3 Å². The van der Waals surface area contributed by atoms with Crippen LogP contribution >= 0.6 is 0 Å². The molecule has 2 fully saturated rings. The van der Waals surface area contributed by atoms with Crippen LogP contribution in [0.25, 0.3) is 0 Å². The first kappa shape index (κ1) is 17.2. The van der Waals surface area contributed by atoms with Crippen molar-refractivity contribution in [3.05, 3.63) is 59.4 Å². The van der Waals surface area contributed by atoms with Crippen molar-refractivity contribution in [3.63, 3.8) is 0 Å². The quantitative estimate of drug-likeness (QED) is 0.589. The van der Waals surface area contributed by atoms with Crippen LogP contribution in [-0.2, 0) is 6.42 Å². The molecule has 3 aromatic rings. The molecule has 2 aromatic heterocycles. The molecule has 0 amide bonds. The topological polar surface area (TPSA) is 81.8 Å². The molecule has 0 spiro atoms. The van der Waals surface area contributed by atoms with Gasteiger partial charge in [0.1, 0.15) is 5.82 Å². The Labute approximate surface area is 164 Å². The zero-order valence-electron chi connectivity index (χ0n) is 16.0. The van der Waals surface area contributed by atoms with Gasteiger partial charge in [-0.2, -0.15) is 10.1 Å². The van der Waals surface area contributed by atoms with Gasteiger partial charge in [0.25, 0.3) is 0 Å². The summed E-state index contributed by atoms with van der Waals surface area (Å²) in [6.45, 7) is 1.86. The van der Waals surface area contributed by atoms with Crippen LogP contribution in [0.2, 0.25) is 0 Å². The largest absolute Gasteiger partial charge is 0.337 e. The van der Waals surface area contributed by atoms with Gasteiger partial charge in [0.05, 0.1) is 5.69 Å². The van der Waals surface area contributed by atoms with Crippen molar-refractivity contribution in [2.45, 2.75) is 31.2 Å². The van der Waals surface area contributed by atoms with E-state index >= 15 is 0 Å². The Morgan fingerprint density at radius 1 is 1.07 bits per heavy atom. The van der Waals surface area contributed by atoms with E-state index in [4.69, 9.17) is 9.97 Å². The normalized spacial score (nSPS) is 16.8. The number of hydrogen-bond acceptors (Lipinski definition) is 6. The molecule has 1 aromatic carbocycles. The predicted molar refractivity (Wildman–Crippen MR) is 110 cm³/mol. The second kappa shape index (κ2) is 7.24. The maximum atomic E-state index is 4.82. The third kappa shape index (κ3) is 3.71. The summed E-state index contributed by atoms with van der Waals surface area (Å²) in [5.74, 6) is 3.03. The molecule has 7 heteroatoms. The molecule has 1 aliphatic carbocycles. The monoisotopic (exact) mass is 375 g/mol. The summed E-state index contributed by atoms with van der Waals surface area (Å²) in [7, 11) is 2.00. The van der Waals surface area contributed by atoms with Crippen LogP contribution in [0.5, 0.6) is 0 Å². The number of nitrogens with one attached hydrogen (secondary N) is 3. The number of rotatable bonds is 7. The number of nitrogens with zero attached hydrogens (tertiary/aromatic N) is 4. The van der Waals surface area contributed by atoms with E-state index in [0.717, 1.165) is 42.8 Å². The minimum atomic E-state index is 0.505. The molecule has 144 valence electrons. The molecule has 7 nitrogen and oxygen atoms in total. The Hall–Kier alpha value is -2.93. The Balaban J connectivity index is 1.40. The van der Waals surface area contributed by atoms with Crippen molar-refractivity contribution in [1.29, 1.82) is 0 Å². The van der Waals surface area contributed by atoms with Gasteiger partial charge in [0, 0.05) is 49.3 Å². The van der Waals surface area contributed by atoms with E-state index in [1.807, 2.05) is 19.2 Å². The molecule has 28 heavy (non-hydrogen) atoms. The SMILES string of the molecule is CNC1CN(c2nc(Cc3ccccc3)cc(Nc3cc(C4CC4)[nH]n3)n2)C1. The summed E-state index contributed by atoms with van der Waals surface area (Å²) in [6.07, 6.45) is 3.28. The predicted octanol–water partition coefficient (Wildman–Crippen LogP) is 2.82. The molecule has 1 saturated carbocycles. The molecule has 3 N–H and O–H groups in total. The fraction of sp³-hybridized carbons (Fsp3) is 0.381. The molecule has 1 saturated heterocycles. The second-order valence-electron chi connectivity index (χ2n) is 7.71. The number of aromatic amines is 1. The number of benzene rings is 1. The summed E-state index contributed by atoms with van der Waals surface area (Å²) in [5.41, 5.74) is 3.45. The number of likely N-dealkylation sites (N-methyl/N-ethyl adjacent to an activating group) is 1. The summed E-state index contributed by atoms with van der Waals surface area (Å²) < 4.78 is 0. The van der Waals surface area contributed by atoms with Gasteiger partial charge < -0.3 is 15.5 Å². The maximum absolute atomic E-state index is 4.82. The van der Waals surface area contributed by atoms with Crippen molar-refractivity contribution in [3.8, 4) is 0 Å². The van der Waals surface area contributed by atoms with E-state index in [9.17, 15) is 0 Å². The van der Waals surface area contributed by atoms with Crippen LogP contribution in [0.3, 0.4) is 0 Å². The van der Waals surface area contributed by atoms with Gasteiger partial charge in [-0.05, 0) is 25.5 Å². The lowest BCUT2D eigenvalue weighted by Gasteiger charge is -2.39. The van der Waals surface area contributed by atoms with Gasteiger partial charge in [-0.25, -0.2) is 4.98 Å². The Morgan fingerprint density at radius 2 is 1.89 bits per heavy atom. The first-order valence-electron chi connectivity index (χ1n) is 9.93. The van der Waals surface area contributed by atoms with Gasteiger partial charge in [-0.15, -0.1) is 0 Å². The average Bonchev–Trinajstić information content (AvgIpc) is 3.41. The van der Waals surface area contributed by atoms with Crippen LogP contribution in [0.15, 0.2) is 42.5 Å². The Kier molecular flexibility index (Phi) is 4.44. The molecule has 0 bridgehead atoms. The van der Waals surface area contributed by atoms with Crippen molar-refractivity contribution >= 4 is 17.6 Å². The number of hydrogen-bond donors (Lipinski definition) is 3. The standard InChI is InChI=1S/C21H25N7/c1-22-17-12-28(13-17)21-23-16(9-14-5-3-2-4-6-14)10-19(25-21)24-20-11-18(26-27-20)15-7-8-15/h2-6,10-11,15,17,22H,7-9,12-13H2,1H3,(H2,23,24,25,26,27). The molecule has 1 aliphatic heterocycles. The Morgan fingerprint density at radius 3 is 2.64 bits per heavy atom. The van der Waals surface area contributed by atoms with Crippen LogP contribution in [0, 0.1) is 0 Å². The minimum absolute atomic E-state index is 0.505. The highest BCUT2D eigenvalue weighted by Crippen LogP contribution is 2.39. The molecule has 2 aliphatic rings. The fourth-order valence-electron chi connectivity index (χ4n) is 3.54. The lowest BCUT2D eigenvalue weighted by atomic mass is 10.1. The molecule has 0 unspecified atom stereocenters. The van der Waals surface area contributed by atoms with Gasteiger partial charge in [-0.1, -0.05) is 30.3 Å². The van der Waals surface area contributed by atoms with Crippen molar-refractivity contribution in [2.24, 2.45) is 0 Å². The van der Waals surface area contributed by atoms with Gasteiger partial charge in [-0.3, -0.25) is 5.10 Å². The van der Waals surface area contributed by atoms with E-state index in [0.29, 0.717) is 12.0 Å². The first-order valence-corrected chi connectivity index (χ1v) is 9.93. The highest BCUT2D eigenvalue weighted by molar-refractivity contribution is 5.55. The van der Waals surface area contributed by atoms with Crippen LogP contribution < -0.4 is 15.5 Å². The van der Waals surface area contributed by atoms with Crippen molar-refractivity contribution < 1.29 is 0 Å². The lowest BCUT2D eigenvalue weighted by molar-refractivity contribution is 0.443. The van der Waals surface area contributed by atoms with Crippen molar-refractivity contribution in [2.75, 3.05) is 30.4 Å². The van der Waals surface area contributed by atoms with E-state index < -0.39 is 0 Å². The molecule has 5 rings (SSSR count). The summed E-state index contributed by atoms with van der Waals surface area (Å²) in [5, 5.41) is 14.2. The highest BCUT2D eigenvalue weighted by atomic mass is 15.3. The third-order valence-electron chi connectivity index (χ3n) is 5.44. The summed E-state index contributed by atoms with van der Waals surface area (Å²) in [4.78, 5) is 11.8. The minimum Gasteiger partial charge on any atom is -0.337 e. The smallest absolute Gasteiger partial charge is 0.227 e. The molecule has 0 atom stereocenters. The summed E-state index contributed by atoms with van der Waals surface area (Å²) in [6, 6.07) is 15.0. The van der Waals surface area contributed by atoms with E-state index in [1.165, 1.54) is 24.1 Å². The molecule has 3 heterocycles. The average molecular weight is 375 g/mol. The van der Waals surface area contributed by atoms with E-state index in [2.05, 4.69) is 56.1 Å². The zero-order chi connectivity index (χ0) is 18.9. The first-order chi connectivity index (χ1) is 13.8. The molecular weight excluding hydrogens is 350 g/mol. The fourth-order valence-corrected chi connectivity index (χ4v) is 3.54. The van der Waals surface area contributed by atoms with Crippen LogP contribution in [0.4, 0.5) is 17.6 Å². The van der Waals surface area contributed by atoms with Gasteiger partial charge in [0.2, 0.25) is 5.95 Å². The number of aromatic nitrogens is 4.